The number of hydrogen-bond acceptors (Lipinski definition) is 5. The van der Waals surface area contributed by atoms with E-state index in [0.29, 0.717) is 25.1 Å². The zero-order valence-corrected chi connectivity index (χ0v) is 23.4. The lowest BCUT2D eigenvalue weighted by Crippen LogP contribution is -2.53. The van der Waals surface area contributed by atoms with Crippen molar-refractivity contribution in [2.75, 3.05) is 13.1 Å². The second-order valence-electron chi connectivity index (χ2n) is 10.3. The topological polar surface area (TPSA) is 131 Å². The van der Waals surface area contributed by atoms with Gasteiger partial charge in [0.25, 0.3) is 0 Å². The van der Waals surface area contributed by atoms with Gasteiger partial charge in [-0.1, -0.05) is 57.4 Å². The minimum Gasteiger partial charge on any atom is -0.444 e. The highest BCUT2D eigenvalue weighted by Gasteiger charge is 2.36. The maximum absolute atomic E-state index is 14.0. The highest BCUT2D eigenvalue weighted by molar-refractivity contribution is 5.92. The average molecular weight is 519 g/mol. The van der Waals surface area contributed by atoms with Gasteiger partial charge < -0.3 is 26.0 Å². The molecule has 0 aliphatic rings. The van der Waals surface area contributed by atoms with Crippen LogP contribution in [0.15, 0.2) is 24.3 Å². The van der Waals surface area contributed by atoms with Gasteiger partial charge >= 0.3 is 6.09 Å². The quantitative estimate of drug-likeness (QED) is 0.301. The Morgan fingerprint density at radius 1 is 1.03 bits per heavy atom. The minimum absolute atomic E-state index is 0.00531. The van der Waals surface area contributed by atoms with E-state index in [0.717, 1.165) is 31.2 Å². The number of nitrogens with two attached hydrogens (primary N) is 1. The van der Waals surface area contributed by atoms with E-state index in [1.165, 1.54) is 4.90 Å². The summed E-state index contributed by atoms with van der Waals surface area (Å²) in [6.45, 7) is 12.0. The second-order valence-corrected chi connectivity index (χ2v) is 10.3. The third-order valence-electron chi connectivity index (χ3n) is 5.83. The summed E-state index contributed by atoms with van der Waals surface area (Å²) in [5.74, 6) is -1.33. The van der Waals surface area contributed by atoms with Crippen LogP contribution in [0, 0.1) is 6.92 Å². The third-order valence-corrected chi connectivity index (χ3v) is 5.83. The summed E-state index contributed by atoms with van der Waals surface area (Å²) < 4.78 is 5.36. The molecule has 37 heavy (non-hydrogen) atoms. The highest BCUT2D eigenvalue weighted by atomic mass is 16.6. The fraction of sp³-hybridized carbons (Fsp3) is 0.643. The Morgan fingerprint density at radius 3 is 2.24 bits per heavy atom. The molecule has 4 amide bonds. The van der Waals surface area contributed by atoms with Crippen molar-refractivity contribution in [1.29, 1.82) is 0 Å². The Kier molecular flexibility index (Phi) is 13.7. The van der Waals surface area contributed by atoms with Crippen LogP contribution in [-0.4, -0.2) is 53.4 Å². The van der Waals surface area contributed by atoms with Crippen molar-refractivity contribution < 1.29 is 23.9 Å². The first-order valence-electron chi connectivity index (χ1n) is 13.3. The molecule has 0 saturated heterocycles. The van der Waals surface area contributed by atoms with Gasteiger partial charge in [0.15, 0.2) is 0 Å². The van der Waals surface area contributed by atoms with Crippen LogP contribution < -0.4 is 16.4 Å². The lowest BCUT2D eigenvalue weighted by molar-refractivity contribution is -0.142. The van der Waals surface area contributed by atoms with Gasteiger partial charge in [0.05, 0.1) is 0 Å². The smallest absolute Gasteiger partial charge is 0.408 e. The van der Waals surface area contributed by atoms with E-state index in [2.05, 4.69) is 17.6 Å². The van der Waals surface area contributed by atoms with Gasteiger partial charge in [0, 0.05) is 19.5 Å². The van der Waals surface area contributed by atoms with E-state index in [1.807, 2.05) is 38.1 Å². The number of unbranched alkanes of at least 4 members (excludes halogenated alkanes) is 3. The van der Waals surface area contributed by atoms with Gasteiger partial charge in [-0.3, -0.25) is 14.4 Å². The first-order chi connectivity index (χ1) is 17.4. The molecule has 0 aliphatic carbocycles. The van der Waals surface area contributed by atoms with Crippen LogP contribution in [0.2, 0.25) is 0 Å². The fourth-order valence-corrected chi connectivity index (χ4v) is 3.92. The van der Waals surface area contributed by atoms with Crippen LogP contribution in [0.4, 0.5) is 4.79 Å². The van der Waals surface area contributed by atoms with E-state index in [-0.39, 0.29) is 18.7 Å². The number of benzene rings is 1. The van der Waals surface area contributed by atoms with Crippen LogP contribution in [-0.2, 0) is 19.1 Å². The Hall–Kier alpha value is -3.10. The summed E-state index contributed by atoms with van der Waals surface area (Å²) in [6, 6.07) is 5.49. The van der Waals surface area contributed by atoms with Gasteiger partial charge in [-0.2, -0.15) is 0 Å². The van der Waals surface area contributed by atoms with Crippen molar-refractivity contribution in [3.05, 3.63) is 35.4 Å². The van der Waals surface area contributed by atoms with Crippen LogP contribution in [0.1, 0.15) is 96.7 Å². The van der Waals surface area contributed by atoms with E-state index >= 15 is 0 Å². The number of primary amides is 1. The lowest BCUT2D eigenvalue weighted by atomic mass is 9.97. The number of aryl methyl sites for hydroxylation is 1. The van der Waals surface area contributed by atoms with Crippen LogP contribution >= 0.6 is 0 Å². The number of nitrogens with one attached hydrogen (secondary N) is 2. The molecule has 0 aromatic heterocycles. The Bertz CT molecular complexity index is 897. The number of carbonyl (C=O) groups is 4. The molecule has 1 aromatic rings. The molecule has 0 aliphatic heterocycles. The third kappa shape index (κ3) is 11.7. The molecule has 0 spiro atoms. The Labute approximate surface area is 221 Å². The van der Waals surface area contributed by atoms with Gasteiger partial charge in [-0.15, -0.1) is 0 Å². The molecule has 1 aromatic carbocycles. The Morgan fingerprint density at radius 2 is 1.68 bits per heavy atom. The minimum atomic E-state index is -1.08. The molecule has 0 radical (unpaired) electrons. The van der Waals surface area contributed by atoms with Crippen LogP contribution in [0.3, 0.4) is 0 Å². The molecule has 2 unspecified atom stereocenters. The van der Waals surface area contributed by atoms with Crippen molar-refractivity contribution in [2.24, 2.45) is 5.73 Å². The summed E-state index contributed by atoms with van der Waals surface area (Å²) in [7, 11) is 0. The molecule has 4 N–H and O–H groups in total. The Balaban J connectivity index is 3.42. The molecule has 208 valence electrons. The molecule has 0 bridgehead atoms. The summed E-state index contributed by atoms with van der Waals surface area (Å²) in [5, 5.41) is 5.61. The van der Waals surface area contributed by atoms with Crippen molar-refractivity contribution >= 4 is 23.8 Å². The van der Waals surface area contributed by atoms with E-state index in [9.17, 15) is 19.2 Å². The number of carbonyl (C=O) groups excluding carboxylic acids is 4. The van der Waals surface area contributed by atoms with Crippen molar-refractivity contribution in [3.8, 4) is 0 Å². The summed E-state index contributed by atoms with van der Waals surface area (Å²) in [6.07, 6.45) is 3.43. The fourth-order valence-electron chi connectivity index (χ4n) is 3.92. The number of rotatable bonds is 15. The number of ether oxygens (including phenoxy) is 1. The standard InChI is InChI=1S/C28H46N4O5/c1-7-9-13-18-30-25(34)24(21-15-12-11-14-20(21)3)32(19-10-8-2)26(35)22(16-17-23(29)33)31-27(36)37-28(4,5)6/h11-12,14-15,22,24H,7-10,13,16-19H2,1-6H3,(H2,29,33)(H,30,34)(H,31,36). The predicted molar refractivity (Wildman–Crippen MR) is 145 cm³/mol. The average Bonchev–Trinajstić information content (AvgIpc) is 2.81. The molecular weight excluding hydrogens is 472 g/mol. The molecular formula is C28H46N4O5. The summed E-state index contributed by atoms with van der Waals surface area (Å²) >= 11 is 0. The van der Waals surface area contributed by atoms with E-state index < -0.39 is 35.6 Å². The molecule has 0 saturated carbocycles. The van der Waals surface area contributed by atoms with Gasteiger partial charge in [0.2, 0.25) is 17.7 Å². The first kappa shape index (κ1) is 31.9. The van der Waals surface area contributed by atoms with Crippen molar-refractivity contribution in [2.45, 2.75) is 104 Å². The highest BCUT2D eigenvalue weighted by Crippen LogP contribution is 2.26. The normalized spacial score (nSPS) is 12.8. The van der Waals surface area contributed by atoms with Crippen molar-refractivity contribution in [1.82, 2.24) is 15.5 Å². The molecule has 1 rings (SSSR count). The molecule has 9 nitrogen and oxygen atoms in total. The van der Waals surface area contributed by atoms with Crippen LogP contribution in [0.5, 0.6) is 0 Å². The predicted octanol–water partition coefficient (Wildman–Crippen LogP) is 4.13. The molecule has 0 fully saturated rings. The maximum atomic E-state index is 14.0. The molecule has 9 heteroatoms. The second kappa shape index (κ2) is 15.9. The summed E-state index contributed by atoms with van der Waals surface area (Å²) in [5.41, 5.74) is 6.17. The van der Waals surface area contributed by atoms with Gasteiger partial charge in [-0.25, -0.2) is 4.79 Å². The SMILES string of the molecule is CCCCCNC(=O)C(c1ccccc1C)N(CCCC)C(=O)C(CCC(N)=O)NC(=O)OC(C)(C)C. The van der Waals surface area contributed by atoms with E-state index in [1.54, 1.807) is 20.8 Å². The number of alkyl carbamates (subject to hydrolysis) is 1. The zero-order chi connectivity index (χ0) is 28.0. The van der Waals surface area contributed by atoms with E-state index in [4.69, 9.17) is 10.5 Å². The number of hydrogen-bond donors (Lipinski definition) is 3. The lowest BCUT2D eigenvalue weighted by Gasteiger charge is -2.35. The first-order valence-corrected chi connectivity index (χ1v) is 13.3. The van der Waals surface area contributed by atoms with Crippen molar-refractivity contribution in [3.63, 3.8) is 0 Å². The molecule has 2 atom stereocenters. The number of amides is 4. The zero-order valence-electron chi connectivity index (χ0n) is 23.4. The monoisotopic (exact) mass is 518 g/mol. The molecule has 0 heterocycles. The summed E-state index contributed by atoms with van der Waals surface area (Å²) in [4.78, 5) is 53.2. The largest absolute Gasteiger partial charge is 0.444 e. The van der Waals surface area contributed by atoms with Gasteiger partial charge in [-0.05, 0) is 58.1 Å². The number of nitrogens with zero attached hydrogens (tertiary/aromatic N) is 1. The van der Waals surface area contributed by atoms with Crippen LogP contribution in [0.25, 0.3) is 0 Å². The van der Waals surface area contributed by atoms with Gasteiger partial charge in [0.1, 0.15) is 17.7 Å². The maximum Gasteiger partial charge on any atom is 0.408 e.